The standard InChI is InChI=1S/C9H13NO2/c11-8-10-5-1-2-9-3-6-12-7-4-9/h1-2,9H,3-7H2/b2-1-. The minimum absolute atomic E-state index is 0.459. The van der Waals surface area contributed by atoms with Crippen LogP contribution in [-0.2, 0) is 9.53 Å². The number of nitrogens with zero attached hydrogens (tertiary/aromatic N) is 1. The van der Waals surface area contributed by atoms with Crippen molar-refractivity contribution in [2.75, 3.05) is 19.8 Å². The lowest BCUT2D eigenvalue weighted by Crippen LogP contribution is -2.13. The van der Waals surface area contributed by atoms with E-state index in [9.17, 15) is 4.79 Å². The first-order chi connectivity index (χ1) is 5.93. The molecule has 0 unspecified atom stereocenters. The van der Waals surface area contributed by atoms with Gasteiger partial charge in [0, 0.05) is 13.2 Å². The molecule has 3 nitrogen and oxygen atoms in total. The zero-order valence-corrected chi connectivity index (χ0v) is 7.03. The number of rotatable bonds is 3. The molecule has 0 radical (unpaired) electrons. The van der Waals surface area contributed by atoms with E-state index in [-0.39, 0.29) is 0 Å². The van der Waals surface area contributed by atoms with Crippen molar-refractivity contribution in [1.29, 1.82) is 0 Å². The zero-order chi connectivity index (χ0) is 8.65. The fraction of sp³-hybridized carbons (Fsp3) is 0.667. The Morgan fingerprint density at radius 1 is 1.50 bits per heavy atom. The Hall–Kier alpha value is -0.920. The number of carbonyl (C=O) groups excluding carboxylic acids is 1. The highest BCUT2D eigenvalue weighted by Gasteiger charge is 2.09. The summed E-state index contributed by atoms with van der Waals surface area (Å²) in [6.45, 7) is 2.17. The van der Waals surface area contributed by atoms with Crippen LogP contribution in [0.3, 0.4) is 0 Å². The molecule has 0 aliphatic carbocycles. The first-order valence-electron chi connectivity index (χ1n) is 4.21. The number of aliphatic imine (C=N–C) groups is 1. The molecule has 0 amide bonds. The summed E-state index contributed by atoms with van der Waals surface area (Å²) in [6, 6.07) is 0. The number of hydrogen-bond donors (Lipinski definition) is 0. The second kappa shape index (κ2) is 5.70. The van der Waals surface area contributed by atoms with Gasteiger partial charge in [0.2, 0.25) is 6.08 Å². The molecule has 1 heterocycles. The van der Waals surface area contributed by atoms with Crippen molar-refractivity contribution >= 4 is 6.08 Å². The predicted molar refractivity (Wildman–Crippen MR) is 45.7 cm³/mol. The summed E-state index contributed by atoms with van der Waals surface area (Å²) in [6.07, 6.45) is 7.71. The lowest BCUT2D eigenvalue weighted by atomic mass is 10.00. The number of hydrogen-bond acceptors (Lipinski definition) is 3. The average Bonchev–Trinajstić information content (AvgIpc) is 2.14. The molecule has 0 bridgehead atoms. The van der Waals surface area contributed by atoms with Gasteiger partial charge in [0.05, 0.1) is 6.54 Å². The Morgan fingerprint density at radius 3 is 2.92 bits per heavy atom. The van der Waals surface area contributed by atoms with Crippen LogP contribution >= 0.6 is 0 Å². The average molecular weight is 167 g/mol. The van der Waals surface area contributed by atoms with Gasteiger partial charge in [0.1, 0.15) is 0 Å². The molecule has 1 saturated heterocycles. The molecule has 12 heavy (non-hydrogen) atoms. The van der Waals surface area contributed by atoms with Crippen LogP contribution < -0.4 is 0 Å². The van der Waals surface area contributed by atoms with Gasteiger partial charge >= 0.3 is 0 Å². The van der Waals surface area contributed by atoms with Crippen LogP contribution in [0.1, 0.15) is 12.8 Å². The van der Waals surface area contributed by atoms with Crippen molar-refractivity contribution in [2.24, 2.45) is 10.9 Å². The van der Waals surface area contributed by atoms with E-state index >= 15 is 0 Å². The highest BCUT2D eigenvalue weighted by molar-refractivity contribution is 5.33. The van der Waals surface area contributed by atoms with Gasteiger partial charge in [-0.15, -0.1) is 0 Å². The van der Waals surface area contributed by atoms with Crippen LogP contribution in [0, 0.1) is 5.92 Å². The van der Waals surface area contributed by atoms with E-state index in [1.165, 1.54) is 6.08 Å². The Kier molecular flexibility index (Phi) is 4.35. The van der Waals surface area contributed by atoms with Crippen molar-refractivity contribution in [3.05, 3.63) is 12.2 Å². The molecule has 0 aromatic carbocycles. The topological polar surface area (TPSA) is 38.7 Å². The minimum atomic E-state index is 0.459. The van der Waals surface area contributed by atoms with E-state index in [4.69, 9.17) is 4.74 Å². The molecule has 1 aliphatic heterocycles. The van der Waals surface area contributed by atoms with E-state index < -0.39 is 0 Å². The molecule has 1 fully saturated rings. The van der Waals surface area contributed by atoms with E-state index in [1.807, 2.05) is 6.08 Å². The molecule has 1 rings (SSSR count). The van der Waals surface area contributed by atoms with Crippen LogP contribution in [0.5, 0.6) is 0 Å². The van der Waals surface area contributed by atoms with Crippen LogP contribution in [-0.4, -0.2) is 25.8 Å². The van der Waals surface area contributed by atoms with Crippen LogP contribution in [0.15, 0.2) is 17.1 Å². The number of ether oxygens (including phenoxy) is 1. The zero-order valence-electron chi connectivity index (χ0n) is 7.03. The second-order valence-electron chi connectivity index (χ2n) is 2.81. The van der Waals surface area contributed by atoms with Gasteiger partial charge in [-0.2, -0.15) is 0 Å². The maximum atomic E-state index is 9.71. The normalized spacial score (nSPS) is 19.3. The summed E-state index contributed by atoms with van der Waals surface area (Å²) in [5.74, 6) is 0.612. The Bertz CT molecular complexity index is 189. The molecule has 3 heteroatoms. The summed E-state index contributed by atoms with van der Waals surface area (Å²) >= 11 is 0. The molecular weight excluding hydrogens is 154 g/mol. The van der Waals surface area contributed by atoms with Crippen molar-refractivity contribution in [3.63, 3.8) is 0 Å². The Morgan fingerprint density at radius 2 is 2.25 bits per heavy atom. The predicted octanol–water partition coefficient (Wildman–Crippen LogP) is 1.30. The third-order valence-corrected chi connectivity index (χ3v) is 1.94. The SMILES string of the molecule is O=C=NC/C=C\C1CCOCC1. The highest BCUT2D eigenvalue weighted by atomic mass is 16.5. The quantitative estimate of drug-likeness (QED) is 0.361. The molecule has 66 valence electrons. The van der Waals surface area contributed by atoms with Gasteiger partial charge in [0.25, 0.3) is 0 Å². The first kappa shape index (κ1) is 9.17. The molecule has 0 spiro atoms. The summed E-state index contributed by atoms with van der Waals surface area (Å²) < 4.78 is 5.21. The van der Waals surface area contributed by atoms with Gasteiger partial charge in [0.15, 0.2) is 0 Å². The summed E-state index contributed by atoms with van der Waals surface area (Å²) in [7, 11) is 0. The molecule has 0 saturated carbocycles. The fourth-order valence-corrected chi connectivity index (χ4v) is 1.25. The van der Waals surface area contributed by atoms with Crippen LogP contribution in [0.2, 0.25) is 0 Å². The fourth-order valence-electron chi connectivity index (χ4n) is 1.25. The van der Waals surface area contributed by atoms with Gasteiger partial charge in [-0.1, -0.05) is 12.2 Å². The maximum absolute atomic E-state index is 9.71. The molecule has 0 aromatic heterocycles. The van der Waals surface area contributed by atoms with E-state index in [0.717, 1.165) is 26.1 Å². The van der Waals surface area contributed by atoms with Crippen molar-refractivity contribution in [1.82, 2.24) is 0 Å². The number of isocyanates is 1. The maximum Gasteiger partial charge on any atom is 0.235 e. The van der Waals surface area contributed by atoms with Gasteiger partial charge in [-0.3, -0.25) is 0 Å². The molecule has 1 aliphatic rings. The second-order valence-corrected chi connectivity index (χ2v) is 2.81. The molecule has 0 aromatic rings. The van der Waals surface area contributed by atoms with Crippen LogP contribution in [0.25, 0.3) is 0 Å². The lowest BCUT2D eigenvalue weighted by Gasteiger charge is -2.18. The Labute approximate surface area is 72.1 Å². The number of allylic oxidation sites excluding steroid dienone is 1. The summed E-state index contributed by atoms with van der Waals surface area (Å²) in [4.78, 5) is 13.1. The summed E-state index contributed by atoms with van der Waals surface area (Å²) in [5, 5.41) is 0. The van der Waals surface area contributed by atoms with Crippen molar-refractivity contribution in [3.8, 4) is 0 Å². The van der Waals surface area contributed by atoms with E-state index in [1.54, 1.807) is 0 Å². The van der Waals surface area contributed by atoms with E-state index in [0.29, 0.717) is 12.5 Å². The molecule has 0 atom stereocenters. The smallest absolute Gasteiger partial charge is 0.235 e. The van der Waals surface area contributed by atoms with Gasteiger partial charge < -0.3 is 4.74 Å². The minimum Gasteiger partial charge on any atom is -0.381 e. The van der Waals surface area contributed by atoms with Crippen molar-refractivity contribution < 1.29 is 9.53 Å². The lowest BCUT2D eigenvalue weighted by molar-refractivity contribution is 0.0785. The van der Waals surface area contributed by atoms with Gasteiger partial charge in [-0.05, 0) is 18.8 Å². The van der Waals surface area contributed by atoms with Crippen molar-refractivity contribution in [2.45, 2.75) is 12.8 Å². The van der Waals surface area contributed by atoms with Gasteiger partial charge in [-0.25, -0.2) is 9.79 Å². The van der Waals surface area contributed by atoms with E-state index in [2.05, 4.69) is 11.1 Å². The molecular formula is C9H13NO2. The molecule has 0 N–H and O–H groups in total. The first-order valence-corrected chi connectivity index (χ1v) is 4.21. The monoisotopic (exact) mass is 167 g/mol. The highest BCUT2D eigenvalue weighted by Crippen LogP contribution is 2.15. The van der Waals surface area contributed by atoms with Crippen LogP contribution in [0.4, 0.5) is 0 Å². The largest absolute Gasteiger partial charge is 0.381 e. The Balaban J connectivity index is 2.19. The third-order valence-electron chi connectivity index (χ3n) is 1.94. The summed E-state index contributed by atoms with van der Waals surface area (Å²) in [5.41, 5.74) is 0. The third kappa shape index (κ3) is 3.46.